The highest BCUT2D eigenvalue weighted by molar-refractivity contribution is 5.95. The number of benzene rings is 1. The minimum absolute atomic E-state index is 0.180. The van der Waals surface area contributed by atoms with Crippen molar-refractivity contribution < 1.29 is 9.90 Å². The van der Waals surface area contributed by atoms with E-state index >= 15 is 0 Å². The van der Waals surface area contributed by atoms with E-state index in [9.17, 15) is 4.79 Å². The molecular formula is C13H20N4O2. The summed E-state index contributed by atoms with van der Waals surface area (Å²) in [6.45, 7) is 4.28. The highest BCUT2D eigenvalue weighted by atomic mass is 16.3. The Morgan fingerprint density at radius 3 is 2.53 bits per heavy atom. The minimum atomic E-state index is -0.444. The third-order valence-electron chi connectivity index (χ3n) is 3.44. The van der Waals surface area contributed by atoms with Crippen molar-refractivity contribution in [2.24, 2.45) is 5.73 Å². The number of β-amino-alcohol motifs (C(OH)–C–C–N with tert-alkyl or cyclic N) is 1. The zero-order valence-corrected chi connectivity index (χ0v) is 10.9. The van der Waals surface area contributed by atoms with Gasteiger partial charge in [0.05, 0.1) is 18.0 Å². The smallest absolute Gasteiger partial charge is 0.248 e. The lowest BCUT2D eigenvalue weighted by Gasteiger charge is -2.36. The monoisotopic (exact) mass is 264 g/mol. The van der Waals surface area contributed by atoms with Crippen LogP contribution in [0.1, 0.15) is 10.4 Å². The van der Waals surface area contributed by atoms with Crippen molar-refractivity contribution in [3.63, 3.8) is 0 Å². The van der Waals surface area contributed by atoms with Gasteiger partial charge in [-0.05, 0) is 18.2 Å². The molecule has 1 heterocycles. The second-order valence-corrected chi connectivity index (χ2v) is 4.69. The maximum atomic E-state index is 11.2. The van der Waals surface area contributed by atoms with E-state index in [2.05, 4.69) is 9.80 Å². The molecule has 1 fully saturated rings. The number of aliphatic hydroxyl groups excluding tert-OH is 1. The number of rotatable bonds is 4. The molecule has 0 saturated carbocycles. The largest absolute Gasteiger partial charge is 0.397 e. The number of hydrogen-bond donors (Lipinski definition) is 3. The molecule has 0 radical (unpaired) electrons. The number of aliphatic hydroxyl groups is 1. The first-order valence-corrected chi connectivity index (χ1v) is 6.39. The van der Waals surface area contributed by atoms with Gasteiger partial charge in [-0.25, -0.2) is 0 Å². The summed E-state index contributed by atoms with van der Waals surface area (Å²) < 4.78 is 0. The van der Waals surface area contributed by atoms with E-state index < -0.39 is 5.91 Å². The zero-order chi connectivity index (χ0) is 13.8. The van der Waals surface area contributed by atoms with E-state index in [4.69, 9.17) is 16.6 Å². The maximum Gasteiger partial charge on any atom is 0.248 e. The normalized spacial score (nSPS) is 16.6. The predicted octanol–water partition coefficient (Wildman–Crippen LogP) is -0.518. The molecule has 2 rings (SSSR count). The van der Waals surface area contributed by atoms with Crippen LogP contribution in [0, 0.1) is 0 Å². The number of carbonyl (C=O) groups is 1. The fourth-order valence-electron chi connectivity index (χ4n) is 2.32. The molecule has 19 heavy (non-hydrogen) atoms. The van der Waals surface area contributed by atoms with Gasteiger partial charge in [0.25, 0.3) is 0 Å². The quantitative estimate of drug-likeness (QED) is 0.636. The van der Waals surface area contributed by atoms with Crippen LogP contribution in [0.5, 0.6) is 0 Å². The number of anilines is 2. The molecule has 0 atom stereocenters. The summed E-state index contributed by atoms with van der Waals surface area (Å²) in [6, 6.07) is 5.11. The first kappa shape index (κ1) is 13.6. The lowest BCUT2D eigenvalue weighted by molar-refractivity contribution is 0.100. The second kappa shape index (κ2) is 5.90. The van der Waals surface area contributed by atoms with Crippen LogP contribution in [0.3, 0.4) is 0 Å². The summed E-state index contributed by atoms with van der Waals surface area (Å²) >= 11 is 0. The Kier molecular flexibility index (Phi) is 4.24. The first-order chi connectivity index (χ1) is 9.11. The fraction of sp³-hybridized carbons (Fsp3) is 0.462. The van der Waals surface area contributed by atoms with Gasteiger partial charge in [0.15, 0.2) is 0 Å². The molecule has 0 aliphatic carbocycles. The van der Waals surface area contributed by atoms with E-state index in [0.717, 1.165) is 31.9 Å². The highest BCUT2D eigenvalue weighted by Crippen LogP contribution is 2.25. The van der Waals surface area contributed by atoms with Crippen LogP contribution in [-0.4, -0.2) is 55.2 Å². The second-order valence-electron chi connectivity index (χ2n) is 4.69. The van der Waals surface area contributed by atoms with Crippen LogP contribution in [0.2, 0.25) is 0 Å². The molecule has 6 heteroatoms. The third-order valence-corrected chi connectivity index (χ3v) is 3.44. The van der Waals surface area contributed by atoms with Crippen molar-refractivity contribution >= 4 is 17.3 Å². The molecule has 1 aliphatic rings. The summed E-state index contributed by atoms with van der Waals surface area (Å²) in [7, 11) is 0. The van der Waals surface area contributed by atoms with Crippen LogP contribution < -0.4 is 16.4 Å². The van der Waals surface area contributed by atoms with Gasteiger partial charge in [-0.1, -0.05) is 0 Å². The molecule has 0 spiro atoms. The average Bonchev–Trinajstić information content (AvgIpc) is 2.40. The number of nitrogen functional groups attached to an aromatic ring is 1. The van der Waals surface area contributed by atoms with Gasteiger partial charge >= 0.3 is 0 Å². The first-order valence-electron chi connectivity index (χ1n) is 6.39. The zero-order valence-electron chi connectivity index (χ0n) is 10.9. The van der Waals surface area contributed by atoms with E-state index in [0.29, 0.717) is 17.8 Å². The van der Waals surface area contributed by atoms with Gasteiger partial charge in [-0.15, -0.1) is 0 Å². The Hall–Kier alpha value is -1.79. The SMILES string of the molecule is NC(=O)c1ccc(N)c(N2CCN(CCO)CC2)c1. The average molecular weight is 264 g/mol. The van der Waals surface area contributed by atoms with Crippen molar-refractivity contribution in [2.75, 3.05) is 50.0 Å². The molecule has 0 unspecified atom stereocenters. The summed E-state index contributed by atoms with van der Waals surface area (Å²) in [4.78, 5) is 15.6. The van der Waals surface area contributed by atoms with Gasteiger partial charge in [0.1, 0.15) is 0 Å². The number of hydrogen-bond acceptors (Lipinski definition) is 5. The van der Waals surface area contributed by atoms with Crippen LogP contribution in [0.15, 0.2) is 18.2 Å². The van der Waals surface area contributed by atoms with E-state index in [1.807, 2.05) is 0 Å². The molecule has 1 amide bonds. The summed E-state index contributed by atoms with van der Waals surface area (Å²) in [5.41, 5.74) is 13.2. The Balaban J connectivity index is 2.10. The van der Waals surface area contributed by atoms with E-state index in [1.165, 1.54) is 0 Å². The van der Waals surface area contributed by atoms with Crippen molar-refractivity contribution in [1.29, 1.82) is 0 Å². The number of carbonyl (C=O) groups excluding carboxylic acids is 1. The minimum Gasteiger partial charge on any atom is -0.397 e. The van der Waals surface area contributed by atoms with Crippen LogP contribution in [-0.2, 0) is 0 Å². The highest BCUT2D eigenvalue weighted by Gasteiger charge is 2.19. The number of nitrogens with zero attached hydrogens (tertiary/aromatic N) is 2. The van der Waals surface area contributed by atoms with Gasteiger partial charge in [0, 0.05) is 38.3 Å². The van der Waals surface area contributed by atoms with Gasteiger partial charge < -0.3 is 21.5 Å². The Bertz CT molecular complexity index is 456. The van der Waals surface area contributed by atoms with Crippen molar-refractivity contribution in [3.05, 3.63) is 23.8 Å². The lowest BCUT2D eigenvalue weighted by Crippen LogP contribution is -2.47. The summed E-state index contributed by atoms with van der Waals surface area (Å²) in [6.07, 6.45) is 0. The molecule has 104 valence electrons. The van der Waals surface area contributed by atoms with Crippen LogP contribution in [0.25, 0.3) is 0 Å². The molecule has 1 aromatic carbocycles. The topological polar surface area (TPSA) is 95.8 Å². The van der Waals surface area contributed by atoms with Crippen molar-refractivity contribution in [3.8, 4) is 0 Å². The fourth-order valence-corrected chi connectivity index (χ4v) is 2.32. The Morgan fingerprint density at radius 2 is 1.95 bits per heavy atom. The molecule has 0 bridgehead atoms. The Morgan fingerprint density at radius 1 is 1.26 bits per heavy atom. The van der Waals surface area contributed by atoms with Crippen LogP contribution >= 0.6 is 0 Å². The Labute approximate surface area is 112 Å². The molecule has 1 aromatic rings. The number of piperazine rings is 1. The van der Waals surface area contributed by atoms with Crippen LogP contribution in [0.4, 0.5) is 11.4 Å². The lowest BCUT2D eigenvalue weighted by atomic mass is 10.1. The van der Waals surface area contributed by atoms with Gasteiger partial charge in [-0.2, -0.15) is 0 Å². The van der Waals surface area contributed by atoms with E-state index in [-0.39, 0.29) is 6.61 Å². The van der Waals surface area contributed by atoms with Gasteiger partial charge in [-0.3, -0.25) is 9.69 Å². The molecule has 5 N–H and O–H groups in total. The maximum absolute atomic E-state index is 11.2. The van der Waals surface area contributed by atoms with E-state index in [1.54, 1.807) is 18.2 Å². The van der Waals surface area contributed by atoms with Crippen molar-refractivity contribution in [2.45, 2.75) is 0 Å². The standard InChI is InChI=1S/C13H20N4O2/c14-11-2-1-10(13(15)19)9-12(11)17-5-3-16(4-6-17)7-8-18/h1-2,9,18H,3-8,14H2,(H2,15,19). The molecule has 0 aromatic heterocycles. The molecular weight excluding hydrogens is 244 g/mol. The molecule has 6 nitrogen and oxygen atoms in total. The third kappa shape index (κ3) is 3.15. The summed E-state index contributed by atoms with van der Waals surface area (Å²) in [5.74, 6) is -0.444. The predicted molar refractivity (Wildman–Crippen MR) is 75.1 cm³/mol. The van der Waals surface area contributed by atoms with Crippen molar-refractivity contribution in [1.82, 2.24) is 4.90 Å². The molecule has 1 aliphatic heterocycles. The molecule has 1 saturated heterocycles. The number of amides is 1. The number of primary amides is 1. The summed E-state index contributed by atoms with van der Waals surface area (Å²) in [5, 5.41) is 8.92. The number of nitrogens with two attached hydrogens (primary N) is 2. The van der Waals surface area contributed by atoms with Gasteiger partial charge in [0.2, 0.25) is 5.91 Å².